The average molecular weight is 211 g/mol. The molecule has 0 amide bonds. The fourth-order valence-corrected chi connectivity index (χ4v) is 1.39. The predicted octanol–water partition coefficient (Wildman–Crippen LogP) is 1.24. The van der Waals surface area contributed by atoms with Crippen LogP contribution in [0.2, 0.25) is 0 Å². The molecule has 1 aromatic heterocycles. The fraction of sp³-hybridized carbons (Fsp3) is 0.727. The van der Waals surface area contributed by atoms with Crippen LogP contribution in [0.1, 0.15) is 25.2 Å². The maximum Gasteiger partial charge on any atom is 0.0746 e. The highest BCUT2D eigenvalue weighted by Crippen LogP contribution is 2.06. The van der Waals surface area contributed by atoms with Crippen LogP contribution in [-0.2, 0) is 18.3 Å². The average Bonchev–Trinajstić information content (AvgIpc) is 2.45. The minimum absolute atomic E-state index is 0.117. The maximum atomic E-state index is 5.33. The molecule has 0 spiro atoms. The summed E-state index contributed by atoms with van der Waals surface area (Å²) in [4.78, 5) is 0. The number of ether oxygens (including phenoxy) is 1. The van der Waals surface area contributed by atoms with Gasteiger partial charge in [-0.15, -0.1) is 0 Å². The van der Waals surface area contributed by atoms with Crippen molar-refractivity contribution in [1.29, 1.82) is 0 Å². The van der Waals surface area contributed by atoms with Gasteiger partial charge in [-0.1, -0.05) is 0 Å². The third kappa shape index (κ3) is 3.64. The van der Waals surface area contributed by atoms with Gasteiger partial charge in [-0.25, -0.2) is 0 Å². The summed E-state index contributed by atoms with van der Waals surface area (Å²) in [6.45, 7) is 7.78. The molecule has 0 aliphatic rings. The van der Waals surface area contributed by atoms with Crippen LogP contribution in [0.3, 0.4) is 0 Å². The molecule has 0 fully saturated rings. The van der Waals surface area contributed by atoms with Gasteiger partial charge in [-0.3, -0.25) is 4.68 Å². The van der Waals surface area contributed by atoms with Crippen molar-refractivity contribution in [1.82, 2.24) is 15.1 Å². The molecule has 1 N–H and O–H groups in total. The summed E-state index contributed by atoms with van der Waals surface area (Å²) in [5, 5.41) is 7.65. The predicted molar refractivity (Wildman–Crippen MR) is 60.7 cm³/mol. The molecule has 15 heavy (non-hydrogen) atoms. The molecule has 4 nitrogen and oxygen atoms in total. The number of hydrogen-bond donors (Lipinski definition) is 1. The van der Waals surface area contributed by atoms with Crippen molar-refractivity contribution in [3.8, 4) is 0 Å². The number of aromatic nitrogens is 2. The first-order chi connectivity index (χ1) is 6.94. The van der Waals surface area contributed by atoms with Gasteiger partial charge >= 0.3 is 0 Å². The van der Waals surface area contributed by atoms with Crippen molar-refractivity contribution in [2.45, 2.75) is 32.9 Å². The van der Waals surface area contributed by atoms with E-state index in [-0.39, 0.29) is 5.60 Å². The van der Waals surface area contributed by atoms with E-state index in [9.17, 15) is 0 Å². The third-order valence-electron chi connectivity index (χ3n) is 2.51. The summed E-state index contributed by atoms with van der Waals surface area (Å²) in [6.07, 6.45) is 0. The number of methoxy groups -OCH3 is 1. The van der Waals surface area contributed by atoms with E-state index in [1.165, 1.54) is 5.69 Å². The highest BCUT2D eigenvalue weighted by atomic mass is 16.5. The second kappa shape index (κ2) is 4.77. The second-order valence-corrected chi connectivity index (χ2v) is 4.47. The molecular weight excluding hydrogens is 190 g/mol. The van der Waals surface area contributed by atoms with E-state index in [1.807, 2.05) is 18.7 Å². The summed E-state index contributed by atoms with van der Waals surface area (Å²) in [5.74, 6) is 0. The maximum absolute atomic E-state index is 5.33. The molecule has 1 heterocycles. The van der Waals surface area contributed by atoms with Gasteiger partial charge in [-0.05, 0) is 26.8 Å². The van der Waals surface area contributed by atoms with E-state index in [0.717, 1.165) is 18.8 Å². The minimum atomic E-state index is -0.117. The molecule has 1 aromatic rings. The normalized spacial score (nSPS) is 12.1. The monoisotopic (exact) mass is 211 g/mol. The zero-order valence-electron chi connectivity index (χ0n) is 10.3. The summed E-state index contributed by atoms with van der Waals surface area (Å²) >= 11 is 0. The molecule has 0 atom stereocenters. The Morgan fingerprint density at radius 2 is 2.20 bits per heavy atom. The zero-order chi connectivity index (χ0) is 11.5. The van der Waals surface area contributed by atoms with Gasteiger partial charge in [-0.2, -0.15) is 5.10 Å². The van der Waals surface area contributed by atoms with E-state index in [4.69, 9.17) is 4.74 Å². The second-order valence-electron chi connectivity index (χ2n) is 4.47. The number of aryl methyl sites for hydroxylation is 2. The lowest BCUT2D eigenvalue weighted by Crippen LogP contribution is -2.36. The van der Waals surface area contributed by atoms with Gasteiger partial charge in [0.15, 0.2) is 0 Å². The lowest BCUT2D eigenvalue weighted by atomic mass is 10.1. The summed E-state index contributed by atoms with van der Waals surface area (Å²) < 4.78 is 7.23. The topological polar surface area (TPSA) is 39.1 Å². The Labute approximate surface area is 91.6 Å². The largest absolute Gasteiger partial charge is 0.377 e. The van der Waals surface area contributed by atoms with Crippen molar-refractivity contribution in [2.24, 2.45) is 7.05 Å². The van der Waals surface area contributed by atoms with Crippen LogP contribution in [0.25, 0.3) is 0 Å². The number of rotatable bonds is 5. The zero-order valence-corrected chi connectivity index (χ0v) is 10.3. The minimum Gasteiger partial charge on any atom is -0.377 e. The van der Waals surface area contributed by atoms with Gasteiger partial charge < -0.3 is 10.1 Å². The Kier molecular flexibility index (Phi) is 3.88. The highest BCUT2D eigenvalue weighted by Gasteiger charge is 2.15. The molecule has 0 saturated heterocycles. The van der Waals surface area contributed by atoms with Gasteiger partial charge in [0.25, 0.3) is 0 Å². The number of nitrogens with one attached hydrogen (secondary N) is 1. The van der Waals surface area contributed by atoms with Crippen molar-refractivity contribution in [3.05, 3.63) is 17.5 Å². The molecular formula is C11H21N3O. The molecule has 0 unspecified atom stereocenters. The molecule has 0 bridgehead atoms. The standard InChI is InChI=1S/C11H21N3O/c1-9-6-10(14(4)13-9)7-12-8-11(2,3)15-5/h6,12H,7-8H2,1-5H3. The molecule has 0 aliphatic carbocycles. The summed E-state index contributed by atoms with van der Waals surface area (Å²) in [7, 11) is 3.70. The highest BCUT2D eigenvalue weighted by molar-refractivity contribution is 5.08. The van der Waals surface area contributed by atoms with E-state index in [0.29, 0.717) is 0 Å². The molecule has 0 aliphatic heterocycles. The van der Waals surface area contributed by atoms with Crippen LogP contribution in [0.5, 0.6) is 0 Å². The number of hydrogen-bond acceptors (Lipinski definition) is 3. The first-order valence-electron chi connectivity index (χ1n) is 5.20. The molecule has 0 radical (unpaired) electrons. The Hall–Kier alpha value is -0.870. The van der Waals surface area contributed by atoms with E-state index in [1.54, 1.807) is 7.11 Å². The quantitative estimate of drug-likeness (QED) is 0.796. The van der Waals surface area contributed by atoms with Gasteiger partial charge in [0.05, 0.1) is 17.0 Å². The van der Waals surface area contributed by atoms with E-state index < -0.39 is 0 Å². The molecule has 0 saturated carbocycles. The lowest BCUT2D eigenvalue weighted by molar-refractivity contribution is 0.0229. The third-order valence-corrected chi connectivity index (χ3v) is 2.51. The summed E-state index contributed by atoms with van der Waals surface area (Å²) in [5.41, 5.74) is 2.13. The van der Waals surface area contributed by atoms with Gasteiger partial charge in [0.2, 0.25) is 0 Å². The van der Waals surface area contributed by atoms with E-state index in [2.05, 4.69) is 30.3 Å². The Morgan fingerprint density at radius 1 is 1.53 bits per heavy atom. The van der Waals surface area contributed by atoms with Crippen molar-refractivity contribution >= 4 is 0 Å². The first kappa shape index (κ1) is 12.2. The van der Waals surface area contributed by atoms with Crippen molar-refractivity contribution < 1.29 is 4.74 Å². The molecule has 4 heteroatoms. The molecule has 0 aromatic carbocycles. The van der Waals surface area contributed by atoms with Crippen molar-refractivity contribution in [3.63, 3.8) is 0 Å². The van der Waals surface area contributed by atoms with Crippen LogP contribution >= 0.6 is 0 Å². The smallest absolute Gasteiger partial charge is 0.0746 e. The fourth-order valence-electron chi connectivity index (χ4n) is 1.39. The Morgan fingerprint density at radius 3 is 2.67 bits per heavy atom. The van der Waals surface area contributed by atoms with E-state index >= 15 is 0 Å². The van der Waals surface area contributed by atoms with Crippen LogP contribution in [0.4, 0.5) is 0 Å². The van der Waals surface area contributed by atoms with Crippen molar-refractivity contribution in [2.75, 3.05) is 13.7 Å². The summed E-state index contributed by atoms with van der Waals surface area (Å²) in [6, 6.07) is 2.09. The SMILES string of the molecule is COC(C)(C)CNCc1cc(C)nn1C. The lowest BCUT2D eigenvalue weighted by Gasteiger charge is -2.23. The Bertz CT molecular complexity index is 318. The molecule has 1 rings (SSSR count). The van der Waals surface area contributed by atoms with Crippen LogP contribution in [0, 0.1) is 6.92 Å². The number of nitrogens with zero attached hydrogens (tertiary/aromatic N) is 2. The molecule has 86 valence electrons. The van der Waals surface area contributed by atoms with Gasteiger partial charge in [0.1, 0.15) is 0 Å². The van der Waals surface area contributed by atoms with Gasteiger partial charge in [0, 0.05) is 27.2 Å². The van der Waals surface area contributed by atoms with Crippen LogP contribution in [-0.4, -0.2) is 29.0 Å². The Balaban J connectivity index is 2.41. The van der Waals surface area contributed by atoms with Crippen LogP contribution < -0.4 is 5.32 Å². The van der Waals surface area contributed by atoms with Crippen LogP contribution in [0.15, 0.2) is 6.07 Å². The first-order valence-corrected chi connectivity index (χ1v) is 5.20.